The molecule has 82 valence electrons. The molecule has 0 saturated heterocycles. The van der Waals surface area contributed by atoms with Crippen LogP contribution in [0.3, 0.4) is 0 Å². The molecular weight excluding hydrogens is 194 g/mol. The van der Waals surface area contributed by atoms with Crippen LogP contribution in [0, 0.1) is 0 Å². The van der Waals surface area contributed by atoms with Crippen LogP contribution in [0.4, 0.5) is 11.8 Å². The number of carbonyl (C=O) groups excluding carboxylic acids is 1. The van der Waals surface area contributed by atoms with Crippen molar-refractivity contribution in [3.8, 4) is 0 Å². The molecule has 0 radical (unpaired) electrons. The van der Waals surface area contributed by atoms with Crippen molar-refractivity contribution in [2.24, 2.45) is 0 Å². The Balaban J connectivity index is 2.33. The van der Waals surface area contributed by atoms with Crippen molar-refractivity contribution in [3.63, 3.8) is 0 Å². The summed E-state index contributed by atoms with van der Waals surface area (Å²) in [4.78, 5) is 18.9. The number of hydrogen-bond acceptors (Lipinski definition) is 5. The lowest BCUT2D eigenvalue weighted by molar-refractivity contribution is -0.119. The zero-order chi connectivity index (χ0) is 11.1. The molecule has 0 aliphatic carbocycles. The fourth-order valence-corrected chi connectivity index (χ4v) is 0.970. The number of amides is 1. The van der Waals surface area contributed by atoms with Gasteiger partial charge in [0.25, 0.3) is 0 Å². The second kappa shape index (κ2) is 5.79. The van der Waals surface area contributed by atoms with Crippen molar-refractivity contribution >= 4 is 17.7 Å². The number of carbonyl (C=O) groups is 1. The highest BCUT2D eigenvalue weighted by molar-refractivity contribution is 5.80. The number of hydrogen-bond donors (Lipinski definition) is 3. The molecular formula is C9H15N5O. The van der Waals surface area contributed by atoms with Gasteiger partial charge in [-0.2, -0.15) is 4.98 Å². The fraction of sp³-hybridized carbons (Fsp3) is 0.444. The Bertz CT molecular complexity index is 328. The molecule has 0 aliphatic rings. The Hall–Kier alpha value is -1.85. The van der Waals surface area contributed by atoms with Crippen LogP contribution >= 0.6 is 0 Å². The Kier molecular flexibility index (Phi) is 4.33. The lowest BCUT2D eigenvalue weighted by atomic mass is 10.4. The van der Waals surface area contributed by atoms with E-state index in [0.717, 1.165) is 6.42 Å². The smallest absolute Gasteiger partial charge is 0.239 e. The molecule has 1 amide bonds. The Morgan fingerprint density at radius 1 is 1.60 bits per heavy atom. The molecule has 1 aromatic heterocycles. The summed E-state index contributed by atoms with van der Waals surface area (Å²) in [6.45, 7) is 2.88. The quantitative estimate of drug-likeness (QED) is 0.634. The first-order valence-electron chi connectivity index (χ1n) is 4.81. The van der Waals surface area contributed by atoms with Crippen LogP contribution in [-0.2, 0) is 4.79 Å². The van der Waals surface area contributed by atoms with Gasteiger partial charge in [0, 0.05) is 12.7 Å². The molecule has 0 atom stereocenters. The van der Waals surface area contributed by atoms with Gasteiger partial charge in [0.15, 0.2) is 0 Å². The van der Waals surface area contributed by atoms with Gasteiger partial charge >= 0.3 is 0 Å². The van der Waals surface area contributed by atoms with Crippen molar-refractivity contribution in [2.45, 2.75) is 13.3 Å². The largest absolute Gasteiger partial charge is 0.368 e. The normalized spacial score (nSPS) is 9.67. The summed E-state index contributed by atoms with van der Waals surface area (Å²) in [5.74, 6) is 0.678. The maximum absolute atomic E-state index is 11.2. The molecule has 4 N–H and O–H groups in total. The highest BCUT2D eigenvalue weighted by Gasteiger charge is 2.00. The second-order valence-corrected chi connectivity index (χ2v) is 3.00. The van der Waals surface area contributed by atoms with Gasteiger partial charge in [-0.25, -0.2) is 4.98 Å². The summed E-state index contributed by atoms with van der Waals surface area (Å²) in [6, 6.07) is 1.66. The Labute approximate surface area is 88.3 Å². The minimum absolute atomic E-state index is 0.0611. The van der Waals surface area contributed by atoms with Crippen LogP contribution in [0.25, 0.3) is 0 Å². The van der Waals surface area contributed by atoms with Gasteiger partial charge < -0.3 is 16.4 Å². The Morgan fingerprint density at radius 3 is 3.07 bits per heavy atom. The molecule has 15 heavy (non-hydrogen) atoms. The van der Waals surface area contributed by atoms with Gasteiger partial charge in [-0.3, -0.25) is 4.79 Å². The number of nitrogens with zero attached hydrogens (tertiary/aromatic N) is 2. The SMILES string of the molecule is CCCNC(=O)CNc1ccnc(N)n1. The molecule has 0 unspecified atom stereocenters. The molecule has 0 spiro atoms. The van der Waals surface area contributed by atoms with Crippen molar-refractivity contribution in [3.05, 3.63) is 12.3 Å². The van der Waals surface area contributed by atoms with Crippen LogP contribution in [0.2, 0.25) is 0 Å². The molecule has 0 aliphatic heterocycles. The van der Waals surface area contributed by atoms with Gasteiger partial charge in [0.2, 0.25) is 11.9 Å². The van der Waals surface area contributed by atoms with Crippen molar-refractivity contribution in [1.29, 1.82) is 0 Å². The molecule has 1 heterocycles. The van der Waals surface area contributed by atoms with E-state index < -0.39 is 0 Å². The molecule has 0 aromatic carbocycles. The summed E-state index contributed by atoms with van der Waals surface area (Å²) in [6.07, 6.45) is 2.46. The summed E-state index contributed by atoms with van der Waals surface area (Å²) in [5, 5.41) is 5.59. The average molecular weight is 209 g/mol. The van der Waals surface area contributed by atoms with E-state index in [4.69, 9.17) is 5.73 Å². The maximum atomic E-state index is 11.2. The highest BCUT2D eigenvalue weighted by Crippen LogP contribution is 2.01. The maximum Gasteiger partial charge on any atom is 0.239 e. The predicted octanol–water partition coefficient (Wildman–Crippen LogP) is -0.00310. The van der Waals surface area contributed by atoms with Crippen LogP contribution in [0.5, 0.6) is 0 Å². The average Bonchev–Trinajstić information content (AvgIpc) is 2.23. The lowest BCUT2D eigenvalue weighted by Gasteiger charge is -2.05. The molecule has 0 bridgehead atoms. The summed E-state index contributed by atoms with van der Waals surface area (Å²) < 4.78 is 0. The number of nitrogens with one attached hydrogen (secondary N) is 2. The number of rotatable bonds is 5. The van der Waals surface area contributed by atoms with Crippen LogP contribution in [0.15, 0.2) is 12.3 Å². The minimum atomic E-state index is -0.0611. The first-order chi connectivity index (χ1) is 7.22. The minimum Gasteiger partial charge on any atom is -0.368 e. The molecule has 6 nitrogen and oxygen atoms in total. The zero-order valence-corrected chi connectivity index (χ0v) is 8.66. The third-order valence-electron chi connectivity index (χ3n) is 1.68. The summed E-state index contributed by atoms with van der Waals surface area (Å²) in [5.41, 5.74) is 5.38. The molecule has 0 saturated carbocycles. The van der Waals surface area contributed by atoms with Gasteiger partial charge in [0.05, 0.1) is 6.54 Å². The Morgan fingerprint density at radius 2 is 2.40 bits per heavy atom. The van der Waals surface area contributed by atoms with E-state index in [-0.39, 0.29) is 18.4 Å². The first kappa shape index (κ1) is 11.2. The van der Waals surface area contributed by atoms with E-state index in [1.165, 1.54) is 6.20 Å². The van der Waals surface area contributed by atoms with E-state index in [1.54, 1.807) is 6.07 Å². The van der Waals surface area contributed by atoms with Crippen LogP contribution in [-0.4, -0.2) is 29.0 Å². The summed E-state index contributed by atoms with van der Waals surface area (Å²) >= 11 is 0. The van der Waals surface area contributed by atoms with Gasteiger partial charge in [-0.05, 0) is 12.5 Å². The molecule has 6 heteroatoms. The number of nitrogen functional groups attached to an aromatic ring is 1. The van der Waals surface area contributed by atoms with Crippen LogP contribution in [0.1, 0.15) is 13.3 Å². The number of aromatic nitrogens is 2. The third-order valence-corrected chi connectivity index (χ3v) is 1.68. The predicted molar refractivity (Wildman–Crippen MR) is 58.2 cm³/mol. The topological polar surface area (TPSA) is 92.9 Å². The molecule has 1 aromatic rings. The zero-order valence-electron chi connectivity index (χ0n) is 8.66. The lowest BCUT2D eigenvalue weighted by Crippen LogP contribution is -2.30. The highest BCUT2D eigenvalue weighted by atomic mass is 16.1. The third kappa shape index (κ3) is 4.26. The van der Waals surface area contributed by atoms with Crippen LogP contribution < -0.4 is 16.4 Å². The van der Waals surface area contributed by atoms with E-state index in [0.29, 0.717) is 12.4 Å². The van der Waals surface area contributed by atoms with Crippen molar-refractivity contribution in [2.75, 3.05) is 24.1 Å². The summed E-state index contributed by atoms with van der Waals surface area (Å²) in [7, 11) is 0. The number of anilines is 2. The van der Waals surface area contributed by atoms with Gasteiger partial charge in [-0.1, -0.05) is 6.92 Å². The first-order valence-corrected chi connectivity index (χ1v) is 4.81. The van der Waals surface area contributed by atoms with Gasteiger partial charge in [-0.15, -0.1) is 0 Å². The van der Waals surface area contributed by atoms with Crippen molar-refractivity contribution < 1.29 is 4.79 Å². The van der Waals surface area contributed by atoms with Gasteiger partial charge in [0.1, 0.15) is 5.82 Å². The van der Waals surface area contributed by atoms with E-state index in [1.807, 2.05) is 6.92 Å². The molecule has 0 fully saturated rings. The second-order valence-electron chi connectivity index (χ2n) is 3.00. The number of nitrogens with two attached hydrogens (primary N) is 1. The standard InChI is InChI=1S/C9H15N5O/c1-2-4-11-8(15)6-13-7-3-5-12-9(10)14-7/h3,5H,2,4,6H2,1H3,(H,11,15)(H3,10,12,13,14). The van der Waals surface area contributed by atoms with E-state index in [9.17, 15) is 4.79 Å². The van der Waals surface area contributed by atoms with Crippen molar-refractivity contribution in [1.82, 2.24) is 15.3 Å². The molecule has 1 rings (SSSR count). The monoisotopic (exact) mass is 209 g/mol. The fourth-order valence-electron chi connectivity index (χ4n) is 0.970. The van der Waals surface area contributed by atoms with E-state index >= 15 is 0 Å². The van der Waals surface area contributed by atoms with E-state index in [2.05, 4.69) is 20.6 Å².